The van der Waals surface area contributed by atoms with Crippen LogP contribution in [0.15, 0.2) is 42.6 Å². The van der Waals surface area contributed by atoms with Crippen molar-refractivity contribution in [3.8, 4) is 17.2 Å². The lowest BCUT2D eigenvalue weighted by atomic mass is 10.1. The van der Waals surface area contributed by atoms with Crippen molar-refractivity contribution in [3.05, 3.63) is 53.9 Å². The summed E-state index contributed by atoms with van der Waals surface area (Å²) in [6.07, 6.45) is 4.59. The van der Waals surface area contributed by atoms with E-state index in [2.05, 4.69) is 4.98 Å². The molecule has 0 saturated heterocycles. The van der Waals surface area contributed by atoms with Crippen LogP contribution in [-0.4, -0.2) is 22.7 Å². The van der Waals surface area contributed by atoms with Crippen molar-refractivity contribution in [1.29, 1.82) is 0 Å². The molecule has 1 aliphatic heterocycles. The summed E-state index contributed by atoms with van der Waals surface area (Å²) in [4.78, 5) is 16.1. The van der Waals surface area contributed by atoms with Crippen LogP contribution >= 0.6 is 0 Å². The number of carbonyl (C=O) groups is 1. The van der Waals surface area contributed by atoms with E-state index in [1.807, 2.05) is 6.07 Å². The summed E-state index contributed by atoms with van der Waals surface area (Å²) in [5.41, 5.74) is 0.836. The molecule has 3 rings (SSSR count). The minimum Gasteiger partial charge on any atom is -0.504 e. The summed E-state index contributed by atoms with van der Waals surface area (Å²) >= 11 is 0. The molecule has 20 heavy (non-hydrogen) atoms. The number of fused-ring (bicyclic) bond motifs is 1. The van der Waals surface area contributed by atoms with Gasteiger partial charge < -0.3 is 14.6 Å². The Labute approximate surface area is 115 Å². The Morgan fingerprint density at radius 1 is 1.25 bits per heavy atom. The molecule has 0 bridgehead atoms. The van der Waals surface area contributed by atoms with E-state index in [1.54, 1.807) is 30.5 Å². The van der Waals surface area contributed by atoms with Crippen LogP contribution in [-0.2, 0) is 0 Å². The van der Waals surface area contributed by atoms with Crippen LogP contribution in [0.1, 0.15) is 16.1 Å². The summed E-state index contributed by atoms with van der Waals surface area (Å²) in [5.74, 6) is 0.122. The van der Waals surface area contributed by atoms with Gasteiger partial charge in [0, 0.05) is 6.20 Å². The van der Waals surface area contributed by atoms with Gasteiger partial charge in [-0.25, -0.2) is 0 Å². The van der Waals surface area contributed by atoms with Gasteiger partial charge in [-0.15, -0.1) is 0 Å². The second-order valence-corrected chi connectivity index (χ2v) is 4.15. The first-order chi connectivity index (χ1) is 9.75. The summed E-state index contributed by atoms with van der Waals surface area (Å²) in [6.45, 7) is 0.0459. The molecule has 5 heteroatoms. The van der Waals surface area contributed by atoms with Crippen molar-refractivity contribution in [2.24, 2.45) is 0 Å². The lowest BCUT2D eigenvalue weighted by molar-refractivity contribution is 0.104. The van der Waals surface area contributed by atoms with Gasteiger partial charge in [-0.2, -0.15) is 0 Å². The zero-order valence-electron chi connectivity index (χ0n) is 10.4. The van der Waals surface area contributed by atoms with E-state index >= 15 is 0 Å². The molecule has 1 aliphatic rings. The topological polar surface area (TPSA) is 68.7 Å². The van der Waals surface area contributed by atoms with Gasteiger partial charge >= 0.3 is 0 Å². The number of hydrogen-bond acceptors (Lipinski definition) is 5. The normalized spacial score (nSPS) is 12.8. The van der Waals surface area contributed by atoms with E-state index in [0.717, 1.165) is 0 Å². The van der Waals surface area contributed by atoms with Gasteiger partial charge in [-0.1, -0.05) is 6.07 Å². The third-order valence-electron chi connectivity index (χ3n) is 2.87. The van der Waals surface area contributed by atoms with Crippen LogP contribution in [0.3, 0.4) is 0 Å². The molecule has 1 aromatic carbocycles. The highest BCUT2D eigenvalue weighted by Crippen LogP contribution is 2.42. The van der Waals surface area contributed by atoms with Crippen molar-refractivity contribution in [2.75, 3.05) is 6.79 Å². The molecule has 2 aromatic rings. The van der Waals surface area contributed by atoms with E-state index in [4.69, 9.17) is 9.47 Å². The highest BCUT2D eigenvalue weighted by Gasteiger charge is 2.22. The Kier molecular flexibility index (Phi) is 3.09. The Balaban J connectivity index is 1.87. The summed E-state index contributed by atoms with van der Waals surface area (Å²) in [6, 6.07) is 8.51. The fraction of sp³-hybridized carbons (Fsp3) is 0.0667. The summed E-state index contributed by atoms with van der Waals surface area (Å²) < 4.78 is 10.2. The summed E-state index contributed by atoms with van der Waals surface area (Å²) in [7, 11) is 0. The number of nitrogens with zero attached hydrogens (tertiary/aromatic N) is 1. The van der Waals surface area contributed by atoms with Crippen molar-refractivity contribution in [3.63, 3.8) is 0 Å². The summed E-state index contributed by atoms with van der Waals surface area (Å²) in [5, 5.41) is 10.0. The van der Waals surface area contributed by atoms with E-state index in [1.165, 1.54) is 12.1 Å². The van der Waals surface area contributed by atoms with E-state index < -0.39 is 0 Å². The van der Waals surface area contributed by atoms with Crippen molar-refractivity contribution >= 4 is 11.9 Å². The second-order valence-electron chi connectivity index (χ2n) is 4.15. The van der Waals surface area contributed by atoms with Crippen LogP contribution in [0, 0.1) is 0 Å². The minimum atomic E-state index is -0.327. The lowest BCUT2D eigenvalue weighted by Crippen LogP contribution is -1.96. The standard InChI is InChI=1S/C15H11NO4/c17-12(6-4-10-3-1-2-8-16-10)11-5-7-13-15(14(11)18)20-9-19-13/h1-8,18H,9H2. The van der Waals surface area contributed by atoms with E-state index in [9.17, 15) is 9.90 Å². The molecule has 0 saturated carbocycles. The van der Waals surface area contributed by atoms with Crippen LogP contribution in [0.4, 0.5) is 0 Å². The maximum atomic E-state index is 12.1. The fourth-order valence-electron chi connectivity index (χ4n) is 1.88. The van der Waals surface area contributed by atoms with Crippen LogP contribution in [0.2, 0.25) is 0 Å². The Hall–Kier alpha value is -2.82. The van der Waals surface area contributed by atoms with Gasteiger partial charge in [0.05, 0.1) is 11.3 Å². The SMILES string of the molecule is O=C(C=Cc1ccccn1)c1ccc2c(c1O)OCO2. The first-order valence-corrected chi connectivity index (χ1v) is 6.01. The molecule has 1 N–H and O–H groups in total. The molecule has 1 aromatic heterocycles. The number of ether oxygens (including phenoxy) is 2. The molecule has 0 spiro atoms. The largest absolute Gasteiger partial charge is 0.504 e. The average Bonchev–Trinajstić information content (AvgIpc) is 2.96. The van der Waals surface area contributed by atoms with Gasteiger partial charge in [0.25, 0.3) is 0 Å². The maximum Gasteiger partial charge on any atom is 0.231 e. The minimum absolute atomic E-state index is 0.0459. The molecule has 2 heterocycles. The highest BCUT2D eigenvalue weighted by atomic mass is 16.7. The monoisotopic (exact) mass is 269 g/mol. The Morgan fingerprint density at radius 3 is 2.95 bits per heavy atom. The predicted molar refractivity (Wildman–Crippen MR) is 71.8 cm³/mol. The molecule has 0 radical (unpaired) electrons. The number of phenols is 1. The van der Waals surface area contributed by atoms with Gasteiger partial charge in [0.15, 0.2) is 17.3 Å². The number of aromatic nitrogens is 1. The van der Waals surface area contributed by atoms with Gasteiger partial charge in [-0.05, 0) is 36.4 Å². The number of aromatic hydroxyl groups is 1. The number of benzene rings is 1. The smallest absolute Gasteiger partial charge is 0.231 e. The molecule has 100 valence electrons. The Morgan fingerprint density at radius 2 is 2.15 bits per heavy atom. The first-order valence-electron chi connectivity index (χ1n) is 6.01. The number of ketones is 1. The maximum absolute atomic E-state index is 12.1. The zero-order chi connectivity index (χ0) is 13.9. The molecule has 0 aliphatic carbocycles. The molecular weight excluding hydrogens is 258 g/mol. The number of rotatable bonds is 3. The number of carbonyl (C=O) groups excluding carboxylic acids is 1. The van der Waals surface area contributed by atoms with Crippen molar-refractivity contribution < 1.29 is 19.4 Å². The van der Waals surface area contributed by atoms with Gasteiger partial charge in [0.1, 0.15) is 0 Å². The van der Waals surface area contributed by atoms with Crippen LogP contribution in [0.25, 0.3) is 6.08 Å². The third-order valence-corrected chi connectivity index (χ3v) is 2.87. The van der Waals surface area contributed by atoms with E-state index in [0.29, 0.717) is 11.4 Å². The molecule has 5 nitrogen and oxygen atoms in total. The van der Waals surface area contributed by atoms with Gasteiger partial charge in [-0.3, -0.25) is 9.78 Å². The molecular formula is C15H11NO4. The number of hydrogen-bond donors (Lipinski definition) is 1. The predicted octanol–water partition coefficient (Wildman–Crippen LogP) is 2.41. The molecule has 0 atom stereocenters. The van der Waals surface area contributed by atoms with Crippen LogP contribution in [0.5, 0.6) is 17.2 Å². The molecule has 0 amide bonds. The number of allylic oxidation sites excluding steroid dienone is 1. The van der Waals surface area contributed by atoms with E-state index in [-0.39, 0.29) is 29.6 Å². The van der Waals surface area contributed by atoms with Crippen molar-refractivity contribution in [1.82, 2.24) is 4.98 Å². The van der Waals surface area contributed by atoms with Crippen LogP contribution < -0.4 is 9.47 Å². The lowest BCUT2D eigenvalue weighted by Gasteiger charge is -2.03. The first kappa shape index (κ1) is 12.2. The van der Waals surface area contributed by atoms with Gasteiger partial charge in [0.2, 0.25) is 12.5 Å². The molecule has 0 fully saturated rings. The quantitative estimate of drug-likeness (QED) is 0.684. The number of phenolic OH excluding ortho intramolecular Hbond substituents is 1. The fourth-order valence-corrected chi connectivity index (χ4v) is 1.88. The average molecular weight is 269 g/mol. The Bertz CT molecular complexity index is 680. The molecule has 0 unspecified atom stereocenters. The number of pyridine rings is 1. The zero-order valence-corrected chi connectivity index (χ0v) is 10.4. The highest BCUT2D eigenvalue weighted by molar-refractivity contribution is 6.09. The van der Waals surface area contributed by atoms with Crippen molar-refractivity contribution in [2.45, 2.75) is 0 Å². The third kappa shape index (κ3) is 2.21. The second kappa shape index (κ2) is 5.05.